The third kappa shape index (κ3) is 5.58. The van der Waals surface area contributed by atoms with Gasteiger partial charge >= 0.3 is 0 Å². The Morgan fingerprint density at radius 3 is 2.79 bits per heavy atom. The van der Waals surface area contributed by atoms with Gasteiger partial charge in [-0.1, -0.05) is 32.0 Å². The summed E-state index contributed by atoms with van der Waals surface area (Å²) in [5.41, 5.74) is 2.17. The monoisotopic (exact) mass is 333 g/mol. The summed E-state index contributed by atoms with van der Waals surface area (Å²) in [6.07, 6.45) is 0.969. The second-order valence-corrected chi connectivity index (χ2v) is 6.83. The first-order chi connectivity index (χ1) is 11.6. The van der Waals surface area contributed by atoms with E-state index in [1.807, 2.05) is 23.1 Å². The summed E-state index contributed by atoms with van der Waals surface area (Å²) in [5, 5.41) is 3.52. The van der Waals surface area contributed by atoms with E-state index in [2.05, 4.69) is 30.1 Å². The SMILES string of the molecule is COCC(=O)N1CCCN(CC(C)C)CCNCc2ccccc21. The lowest BCUT2D eigenvalue weighted by molar-refractivity contribution is -0.122. The molecule has 0 saturated carbocycles. The van der Waals surface area contributed by atoms with Gasteiger partial charge in [-0.3, -0.25) is 4.79 Å². The molecule has 1 amide bonds. The number of carbonyl (C=O) groups excluding carboxylic acids is 1. The van der Waals surface area contributed by atoms with Crippen molar-refractivity contribution in [2.45, 2.75) is 26.8 Å². The van der Waals surface area contributed by atoms with Crippen LogP contribution in [0.5, 0.6) is 0 Å². The number of para-hydroxylation sites is 1. The van der Waals surface area contributed by atoms with E-state index < -0.39 is 0 Å². The molecule has 1 heterocycles. The number of ether oxygens (including phenoxy) is 1. The summed E-state index contributed by atoms with van der Waals surface area (Å²) in [6, 6.07) is 8.16. The van der Waals surface area contributed by atoms with Crippen LogP contribution in [0.1, 0.15) is 25.8 Å². The fourth-order valence-electron chi connectivity index (χ4n) is 3.23. The second kappa shape index (κ2) is 9.77. The number of fused-ring (bicyclic) bond motifs is 1. The van der Waals surface area contributed by atoms with E-state index in [0.29, 0.717) is 5.92 Å². The van der Waals surface area contributed by atoms with Crippen molar-refractivity contribution in [3.05, 3.63) is 29.8 Å². The first kappa shape index (κ1) is 18.9. The molecule has 2 rings (SSSR count). The lowest BCUT2D eigenvalue weighted by Crippen LogP contribution is -2.38. The van der Waals surface area contributed by atoms with Crippen molar-refractivity contribution in [2.75, 3.05) is 51.3 Å². The first-order valence-electron chi connectivity index (χ1n) is 8.92. The Labute approximate surface area is 146 Å². The van der Waals surface area contributed by atoms with Crippen molar-refractivity contribution >= 4 is 11.6 Å². The van der Waals surface area contributed by atoms with Crippen LogP contribution in [-0.2, 0) is 16.1 Å². The second-order valence-electron chi connectivity index (χ2n) is 6.83. The van der Waals surface area contributed by atoms with E-state index in [-0.39, 0.29) is 12.5 Å². The first-order valence-corrected chi connectivity index (χ1v) is 8.92. The van der Waals surface area contributed by atoms with E-state index in [0.717, 1.165) is 51.4 Å². The molecule has 1 aromatic carbocycles. The highest BCUT2D eigenvalue weighted by Crippen LogP contribution is 2.21. The Morgan fingerprint density at radius 1 is 1.25 bits per heavy atom. The molecule has 0 fully saturated rings. The Morgan fingerprint density at radius 2 is 2.04 bits per heavy atom. The number of rotatable bonds is 4. The molecule has 0 aromatic heterocycles. The fourth-order valence-corrected chi connectivity index (χ4v) is 3.23. The average Bonchev–Trinajstić information content (AvgIpc) is 2.58. The van der Waals surface area contributed by atoms with Crippen LogP contribution in [0.15, 0.2) is 24.3 Å². The molecule has 1 aromatic rings. The predicted octanol–water partition coefficient (Wildman–Crippen LogP) is 2.12. The van der Waals surface area contributed by atoms with Gasteiger partial charge in [0, 0.05) is 45.5 Å². The summed E-state index contributed by atoms with van der Waals surface area (Å²) in [6.45, 7) is 10.3. The largest absolute Gasteiger partial charge is 0.375 e. The molecular weight excluding hydrogens is 302 g/mol. The topological polar surface area (TPSA) is 44.8 Å². The van der Waals surface area contributed by atoms with Crippen molar-refractivity contribution in [1.82, 2.24) is 10.2 Å². The van der Waals surface area contributed by atoms with Crippen molar-refractivity contribution in [1.29, 1.82) is 0 Å². The molecule has 0 saturated heterocycles. The van der Waals surface area contributed by atoms with Gasteiger partial charge in [0.1, 0.15) is 6.61 Å². The minimum absolute atomic E-state index is 0.0274. The zero-order chi connectivity index (χ0) is 17.4. The van der Waals surface area contributed by atoms with Crippen molar-refractivity contribution < 1.29 is 9.53 Å². The average molecular weight is 333 g/mol. The molecule has 5 nitrogen and oxygen atoms in total. The molecule has 1 aliphatic heterocycles. The summed E-state index contributed by atoms with van der Waals surface area (Å²) >= 11 is 0. The van der Waals surface area contributed by atoms with Crippen LogP contribution in [0.2, 0.25) is 0 Å². The van der Waals surface area contributed by atoms with Crippen molar-refractivity contribution in [3.8, 4) is 0 Å². The van der Waals surface area contributed by atoms with Gasteiger partial charge in [0.2, 0.25) is 0 Å². The van der Waals surface area contributed by atoms with E-state index in [9.17, 15) is 4.79 Å². The van der Waals surface area contributed by atoms with Gasteiger partial charge in [-0.15, -0.1) is 0 Å². The van der Waals surface area contributed by atoms with Crippen LogP contribution in [0, 0.1) is 5.92 Å². The molecule has 1 aliphatic rings. The molecule has 0 spiro atoms. The number of nitrogens with one attached hydrogen (secondary N) is 1. The number of methoxy groups -OCH3 is 1. The zero-order valence-electron chi connectivity index (χ0n) is 15.3. The van der Waals surface area contributed by atoms with Gasteiger partial charge in [0.05, 0.1) is 0 Å². The molecule has 5 heteroatoms. The molecule has 24 heavy (non-hydrogen) atoms. The highest BCUT2D eigenvalue weighted by Gasteiger charge is 2.19. The number of hydrogen-bond acceptors (Lipinski definition) is 4. The van der Waals surface area contributed by atoms with Crippen LogP contribution in [0.25, 0.3) is 0 Å². The number of hydrogen-bond donors (Lipinski definition) is 1. The molecule has 1 N–H and O–H groups in total. The van der Waals surface area contributed by atoms with Crippen LogP contribution in [0.4, 0.5) is 5.69 Å². The van der Waals surface area contributed by atoms with Crippen molar-refractivity contribution in [3.63, 3.8) is 0 Å². The normalized spacial score (nSPS) is 17.4. The zero-order valence-corrected chi connectivity index (χ0v) is 15.3. The van der Waals surface area contributed by atoms with E-state index >= 15 is 0 Å². The number of amides is 1. The molecular formula is C19H31N3O2. The molecule has 0 aliphatic carbocycles. The van der Waals surface area contributed by atoms with Gasteiger partial charge in [-0.2, -0.15) is 0 Å². The highest BCUT2D eigenvalue weighted by molar-refractivity contribution is 5.95. The minimum Gasteiger partial charge on any atom is -0.375 e. The summed E-state index contributed by atoms with van der Waals surface area (Å²) in [7, 11) is 1.57. The lowest BCUT2D eigenvalue weighted by atomic mass is 10.1. The Kier molecular flexibility index (Phi) is 7.69. The molecule has 0 atom stereocenters. The summed E-state index contributed by atoms with van der Waals surface area (Å²) in [4.78, 5) is 16.9. The summed E-state index contributed by atoms with van der Waals surface area (Å²) in [5.74, 6) is 0.679. The third-order valence-corrected chi connectivity index (χ3v) is 4.25. The standard InChI is InChI=1S/C19H31N3O2/c1-16(2)14-21-10-6-11-22(19(23)15-24-3)18-8-5-4-7-17(18)13-20-9-12-21/h4-5,7-8,16,20H,6,9-15H2,1-3H3. The van der Waals surface area contributed by atoms with E-state index in [1.54, 1.807) is 7.11 Å². The van der Waals surface area contributed by atoms with E-state index in [4.69, 9.17) is 4.74 Å². The van der Waals surface area contributed by atoms with Gasteiger partial charge in [0.15, 0.2) is 0 Å². The van der Waals surface area contributed by atoms with Gasteiger partial charge in [-0.05, 0) is 30.5 Å². The summed E-state index contributed by atoms with van der Waals surface area (Å²) < 4.78 is 5.08. The Bertz CT molecular complexity index is 519. The van der Waals surface area contributed by atoms with Crippen LogP contribution in [0.3, 0.4) is 0 Å². The predicted molar refractivity (Wildman–Crippen MR) is 98.3 cm³/mol. The minimum atomic E-state index is 0.0274. The molecule has 0 unspecified atom stereocenters. The third-order valence-electron chi connectivity index (χ3n) is 4.25. The van der Waals surface area contributed by atoms with Crippen LogP contribution < -0.4 is 10.2 Å². The highest BCUT2D eigenvalue weighted by atomic mass is 16.5. The maximum absolute atomic E-state index is 12.5. The molecule has 0 radical (unpaired) electrons. The maximum Gasteiger partial charge on any atom is 0.252 e. The van der Waals surface area contributed by atoms with Gasteiger partial charge in [0.25, 0.3) is 5.91 Å². The quantitative estimate of drug-likeness (QED) is 0.917. The van der Waals surface area contributed by atoms with Crippen LogP contribution in [-0.4, -0.2) is 57.2 Å². The Balaban J connectivity index is 2.17. The molecule has 0 bridgehead atoms. The van der Waals surface area contributed by atoms with Crippen molar-refractivity contribution in [2.24, 2.45) is 5.92 Å². The van der Waals surface area contributed by atoms with Crippen LogP contribution >= 0.6 is 0 Å². The number of nitrogens with zero attached hydrogens (tertiary/aromatic N) is 2. The number of anilines is 1. The lowest BCUT2D eigenvalue weighted by Gasteiger charge is -2.27. The number of carbonyl (C=O) groups is 1. The van der Waals surface area contributed by atoms with E-state index in [1.165, 1.54) is 5.56 Å². The number of benzene rings is 1. The fraction of sp³-hybridized carbons (Fsp3) is 0.632. The molecule has 134 valence electrons. The maximum atomic E-state index is 12.5. The van der Waals surface area contributed by atoms with Gasteiger partial charge in [-0.25, -0.2) is 0 Å². The smallest absolute Gasteiger partial charge is 0.252 e. The Hall–Kier alpha value is -1.43. The van der Waals surface area contributed by atoms with Gasteiger partial charge < -0.3 is 19.9 Å².